The average Bonchev–Trinajstić information content (AvgIpc) is 3.09. The van der Waals surface area contributed by atoms with Gasteiger partial charge in [0.15, 0.2) is 0 Å². The third-order valence-electron chi connectivity index (χ3n) is 7.36. The molecule has 9 atom stereocenters. The number of ether oxygens (including phenoxy) is 4. The van der Waals surface area contributed by atoms with E-state index in [4.69, 9.17) is 18.9 Å². The molecule has 0 amide bonds. The molecule has 1 aliphatic heterocycles. The molecule has 0 bridgehead atoms. The van der Waals surface area contributed by atoms with Crippen molar-refractivity contribution in [3.05, 3.63) is 12.2 Å². The second kappa shape index (κ2) is 9.08. The van der Waals surface area contributed by atoms with Crippen molar-refractivity contribution in [2.75, 3.05) is 0 Å². The molecule has 3 aliphatic rings. The van der Waals surface area contributed by atoms with E-state index >= 15 is 0 Å². The van der Waals surface area contributed by atoms with Crippen LogP contribution >= 0.6 is 0 Å². The predicted octanol–water partition coefficient (Wildman–Crippen LogP) is 1.94. The number of carbonyl (C=O) groups is 4. The molecule has 1 heterocycles. The summed E-state index contributed by atoms with van der Waals surface area (Å²) in [6.07, 6.45) is -4.22. The number of rotatable bonds is 5. The molecule has 9 unspecified atom stereocenters. The molecule has 0 aromatic rings. The second-order valence-corrected chi connectivity index (χ2v) is 10.2. The van der Waals surface area contributed by atoms with Crippen molar-refractivity contribution >= 4 is 23.9 Å². The van der Waals surface area contributed by atoms with Crippen LogP contribution in [0.4, 0.5) is 0 Å². The maximum Gasteiger partial charge on any atom is 0.334 e. The maximum absolute atomic E-state index is 12.6. The largest absolute Gasteiger partial charge is 0.462 e. The minimum absolute atomic E-state index is 0.0844. The lowest BCUT2D eigenvalue weighted by atomic mass is 9.66. The number of esters is 4. The Hall–Kier alpha value is -2.42. The van der Waals surface area contributed by atoms with Crippen LogP contribution in [0.25, 0.3) is 0 Å². The summed E-state index contributed by atoms with van der Waals surface area (Å²) < 4.78 is 22.8. The van der Waals surface area contributed by atoms with E-state index in [0.29, 0.717) is 0 Å². The Balaban J connectivity index is 2.14. The fourth-order valence-corrected chi connectivity index (χ4v) is 6.07. The summed E-state index contributed by atoms with van der Waals surface area (Å²) in [4.78, 5) is 49.1. The van der Waals surface area contributed by atoms with Crippen LogP contribution in [-0.4, -0.2) is 59.5 Å². The molecule has 0 aromatic carbocycles. The van der Waals surface area contributed by atoms with Crippen molar-refractivity contribution in [2.24, 2.45) is 29.1 Å². The molecule has 1 N–H and O–H groups in total. The van der Waals surface area contributed by atoms with Crippen molar-refractivity contribution in [1.82, 2.24) is 0 Å². The van der Waals surface area contributed by atoms with E-state index in [1.807, 2.05) is 13.8 Å². The van der Waals surface area contributed by atoms with Crippen molar-refractivity contribution in [2.45, 2.75) is 84.9 Å². The number of hydrogen-bond acceptors (Lipinski definition) is 9. The van der Waals surface area contributed by atoms with E-state index in [1.165, 1.54) is 13.8 Å². The first kappa shape index (κ1) is 25.2. The van der Waals surface area contributed by atoms with Gasteiger partial charge in [0, 0.05) is 43.6 Å². The Bertz CT molecular complexity index is 849. The quantitative estimate of drug-likeness (QED) is 0.367. The summed E-state index contributed by atoms with van der Waals surface area (Å²) in [5.74, 6) is -4.04. The van der Waals surface area contributed by atoms with Gasteiger partial charge in [0.1, 0.15) is 24.4 Å². The highest BCUT2D eigenvalue weighted by Crippen LogP contribution is 2.59. The van der Waals surface area contributed by atoms with E-state index in [2.05, 4.69) is 6.58 Å². The lowest BCUT2D eigenvalue weighted by molar-refractivity contribution is -0.178. The fraction of sp³-hybridized carbons (Fsp3) is 0.750. The molecule has 184 valence electrons. The van der Waals surface area contributed by atoms with Crippen LogP contribution in [0.15, 0.2) is 12.2 Å². The van der Waals surface area contributed by atoms with Gasteiger partial charge in [-0.25, -0.2) is 4.79 Å². The van der Waals surface area contributed by atoms with Gasteiger partial charge in [-0.05, 0) is 11.8 Å². The van der Waals surface area contributed by atoms with Gasteiger partial charge in [-0.1, -0.05) is 34.3 Å². The molecule has 9 heteroatoms. The van der Waals surface area contributed by atoms with Crippen LogP contribution < -0.4 is 0 Å². The van der Waals surface area contributed by atoms with E-state index in [1.54, 1.807) is 13.8 Å². The van der Waals surface area contributed by atoms with E-state index in [-0.39, 0.29) is 24.3 Å². The fourth-order valence-electron chi connectivity index (χ4n) is 6.07. The van der Waals surface area contributed by atoms with Crippen LogP contribution in [0.2, 0.25) is 0 Å². The maximum atomic E-state index is 12.6. The Labute approximate surface area is 193 Å². The highest BCUT2D eigenvalue weighted by atomic mass is 16.6. The minimum atomic E-state index is -1.13. The molecule has 0 spiro atoms. The summed E-state index contributed by atoms with van der Waals surface area (Å²) in [6.45, 7) is 13.7. The van der Waals surface area contributed by atoms with Crippen LogP contribution in [0.1, 0.15) is 54.4 Å². The smallest absolute Gasteiger partial charge is 0.334 e. The number of aliphatic hydroxyl groups excluding tert-OH is 1. The predicted molar refractivity (Wildman–Crippen MR) is 114 cm³/mol. The van der Waals surface area contributed by atoms with Gasteiger partial charge in [0.2, 0.25) is 0 Å². The van der Waals surface area contributed by atoms with Crippen LogP contribution in [0.3, 0.4) is 0 Å². The number of hydrogen-bond donors (Lipinski definition) is 1. The van der Waals surface area contributed by atoms with Crippen molar-refractivity contribution < 1.29 is 43.2 Å². The standard InChI is InChI=1S/C24H34O9/c1-10(2)8-17(27)32-15-9-16(30-13(5)25)24(7)19(15)12(4)20(28)21-18(11(3)23(29)33-21)22(24)31-14(6)26/h10,12,15-16,18-22,28H,3,8-9H2,1-2,4-7H3. The zero-order chi connectivity index (χ0) is 24.8. The summed E-state index contributed by atoms with van der Waals surface area (Å²) in [5, 5.41) is 11.2. The third-order valence-corrected chi connectivity index (χ3v) is 7.36. The average molecular weight is 467 g/mol. The van der Waals surface area contributed by atoms with Crippen molar-refractivity contribution in [1.29, 1.82) is 0 Å². The van der Waals surface area contributed by atoms with Gasteiger partial charge in [-0.15, -0.1) is 0 Å². The van der Waals surface area contributed by atoms with Crippen LogP contribution in [-0.2, 0) is 38.1 Å². The van der Waals surface area contributed by atoms with Gasteiger partial charge in [0.05, 0.1) is 12.0 Å². The Morgan fingerprint density at radius 1 is 1.18 bits per heavy atom. The van der Waals surface area contributed by atoms with Crippen molar-refractivity contribution in [3.63, 3.8) is 0 Å². The van der Waals surface area contributed by atoms with Crippen LogP contribution in [0.5, 0.6) is 0 Å². The third kappa shape index (κ3) is 4.39. The topological polar surface area (TPSA) is 125 Å². The van der Waals surface area contributed by atoms with Crippen molar-refractivity contribution in [3.8, 4) is 0 Å². The van der Waals surface area contributed by atoms with Gasteiger partial charge in [-0.3, -0.25) is 14.4 Å². The normalized spacial score (nSPS) is 39.9. The zero-order valence-corrected chi connectivity index (χ0v) is 20.0. The molecule has 2 saturated carbocycles. The van der Waals surface area contributed by atoms with Gasteiger partial charge >= 0.3 is 23.9 Å². The van der Waals surface area contributed by atoms with Gasteiger partial charge in [-0.2, -0.15) is 0 Å². The van der Waals surface area contributed by atoms with E-state index in [0.717, 1.165) is 0 Å². The molecule has 0 radical (unpaired) electrons. The summed E-state index contributed by atoms with van der Waals surface area (Å²) in [5.41, 5.74) is -1.00. The molecule has 3 rings (SSSR count). The highest BCUT2D eigenvalue weighted by Gasteiger charge is 2.69. The molecule has 0 aromatic heterocycles. The SMILES string of the molecule is C=C1C(=O)OC2C(O)C(C)C3C(OC(=O)CC(C)C)CC(OC(C)=O)C3(C)C(OC(C)=O)C12. The highest BCUT2D eigenvalue weighted by molar-refractivity contribution is 5.91. The summed E-state index contributed by atoms with van der Waals surface area (Å²) in [6, 6.07) is 0. The Morgan fingerprint density at radius 3 is 2.33 bits per heavy atom. The Kier molecular flexibility index (Phi) is 6.94. The van der Waals surface area contributed by atoms with Crippen LogP contribution in [0, 0.1) is 29.1 Å². The number of aliphatic hydroxyl groups is 1. The van der Waals surface area contributed by atoms with Gasteiger partial charge in [0.25, 0.3) is 0 Å². The molecule has 9 nitrogen and oxygen atoms in total. The molecule has 1 saturated heterocycles. The molecular weight excluding hydrogens is 432 g/mol. The van der Waals surface area contributed by atoms with Gasteiger partial charge < -0.3 is 24.1 Å². The second-order valence-electron chi connectivity index (χ2n) is 10.2. The first-order valence-electron chi connectivity index (χ1n) is 11.4. The lowest BCUT2D eigenvalue weighted by Crippen LogP contribution is -2.52. The first-order chi connectivity index (χ1) is 15.3. The summed E-state index contributed by atoms with van der Waals surface area (Å²) in [7, 11) is 0. The first-order valence-corrected chi connectivity index (χ1v) is 11.4. The minimum Gasteiger partial charge on any atom is -0.462 e. The number of fused-ring (bicyclic) bond motifs is 2. The molecule has 33 heavy (non-hydrogen) atoms. The lowest BCUT2D eigenvalue weighted by Gasteiger charge is -2.44. The molecular formula is C24H34O9. The monoisotopic (exact) mass is 466 g/mol. The zero-order valence-electron chi connectivity index (χ0n) is 20.0. The van der Waals surface area contributed by atoms with E-state index in [9.17, 15) is 24.3 Å². The Morgan fingerprint density at radius 2 is 1.79 bits per heavy atom. The molecule has 3 fully saturated rings. The van der Waals surface area contributed by atoms with E-state index < -0.39 is 77.6 Å². The molecule has 2 aliphatic carbocycles. The summed E-state index contributed by atoms with van der Waals surface area (Å²) >= 11 is 0. The number of carbonyl (C=O) groups excluding carboxylic acids is 4.